The molecule has 0 fully saturated rings. The van der Waals surface area contributed by atoms with Crippen LogP contribution in [0.4, 0.5) is 24.8 Å². The number of imidazole rings is 1. The maximum absolute atomic E-state index is 12.9. The third-order valence-electron chi connectivity index (χ3n) is 3.09. The van der Waals surface area contributed by atoms with E-state index in [0.29, 0.717) is 6.54 Å². The third kappa shape index (κ3) is 3.45. The Morgan fingerprint density at radius 1 is 1.33 bits per heavy atom. The Morgan fingerprint density at radius 3 is 2.57 bits per heavy atom. The summed E-state index contributed by atoms with van der Waals surface area (Å²) in [4.78, 5) is 9.93. The lowest BCUT2D eigenvalue weighted by molar-refractivity contribution is -0.137. The summed E-state index contributed by atoms with van der Waals surface area (Å²) in [5.41, 5.74) is -0.733. The van der Waals surface area contributed by atoms with Crippen LogP contribution in [-0.2, 0) is 19.8 Å². The van der Waals surface area contributed by atoms with Crippen molar-refractivity contribution >= 4 is 11.6 Å². The molecule has 0 saturated carbocycles. The molecule has 0 amide bonds. The van der Waals surface area contributed by atoms with E-state index in [4.69, 9.17) is 0 Å². The second-order valence-electron chi connectivity index (χ2n) is 4.66. The van der Waals surface area contributed by atoms with Crippen molar-refractivity contribution in [2.45, 2.75) is 12.7 Å². The van der Waals surface area contributed by atoms with Crippen LogP contribution in [0.1, 0.15) is 11.4 Å². The number of alkyl halides is 3. The second kappa shape index (κ2) is 5.63. The second-order valence-corrected chi connectivity index (χ2v) is 4.66. The summed E-state index contributed by atoms with van der Waals surface area (Å²) < 4.78 is 40.5. The number of hydrogen-bond donors (Lipinski definition) is 1. The van der Waals surface area contributed by atoms with Gasteiger partial charge in [0.25, 0.3) is 0 Å². The van der Waals surface area contributed by atoms with Crippen LogP contribution in [0, 0.1) is 0 Å². The van der Waals surface area contributed by atoms with E-state index in [-0.39, 0.29) is 11.6 Å². The molecule has 0 unspecified atom stereocenters. The van der Waals surface area contributed by atoms with Gasteiger partial charge in [-0.3, -0.25) is 0 Å². The summed E-state index contributed by atoms with van der Waals surface area (Å²) in [7, 11) is 5.04. The highest BCUT2D eigenvalue weighted by atomic mass is 19.4. The summed E-state index contributed by atoms with van der Waals surface area (Å²) >= 11 is 0. The van der Waals surface area contributed by atoms with Gasteiger partial charge >= 0.3 is 6.18 Å². The van der Waals surface area contributed by atoms with Gasteiger partial charge in [-0.25, -0.2) is 9.97 Å². The van der Waals surface area contributed by atoms with Crippen LogP contribution in [0.3, 0.4) is 0 Å². The average Bonchev–Trinajstić information content (AvgIpc) is 2.82. The zero-order valence-electron chi connectivity index (χ0n) is 11.9. The molecule has 114 valence electrons. The van der Waals surface area contributed by atoms with Gasteiger partial charge in [-0.05, 0) is 12.1 Å². The molecule has 0 aromatic carbocycles. The molecule has 2 aromatic heterocycles. The zero-order chi connectivity index (χ0) is 15.6. The Balaban J connectivity index is 2.32. The first-order valence-corrected chi connectivity index (χ1v) is 6.25. The summed E-state index contributed by atoms with van der Waals surface area (Å²) in [6.45, 7) is 0.362. The Morgan fingerprint density at radius 2 is 2.05 bits per heavy atom. The molecule has 0 atom stereocenters. The molecular formula is C13H16F3N5. The molecule has 8 heteroatoms. The standard InChI is InChI=1S/C13H16F3N5/c1-17-10-6-9(13(14,15)16)7-11(19-10)21(3)8-12-18-4-5-20(12)2/h4-7H,8H2,1-3H3,(H,17,19). The van der Waals surface area contributed by atoms with Gasteiger partial charge in [0.2, 0.25) is 0 Å². The van der Waals surface area contributed by atoms with E-state index in [2.05, 4.69) is 15.3 Å². The van der Waals surface area contributed by atoms with Gasteiger partial charge in [0.1, 0.15) is 17.5 Å². The molecule has 0 bridgehead atoms. The first kappa shape index (κ1) is 15.1. The summed E-state index contributed by atoms with van der Waals surface area (Å²) in [6, 6.07) is 2.02. The molecule has 0 spiro atoms. The number of anilines is 2. The van der Waals surface area contributed by atoms with E-state index < -0.39 is 11.7 Å². The summed E-state index contributed by atoms with van der Waals surface area (Å²) in [5, 5.41) is 2.65. The van der Waals surface area contributed by atoms with Crippen molar-refractivity contribution < 1.29 is 13.2 Å². The highest BCUT2D eigenvalue weighted by Crippen LogP contribution is 2.32. The lowest BCUT2D eigenvalue weighted by Crippen LogP contribution is -2.21. The molecular weight excluding hydrogens is 283 g/mol. The number of aromatic nitrogens is 3. The number of hydrogen-bond acceptors (Lipinski definition) is 4. The quantitative estimate of drug-likeness (QED) is 0.942. The van der Waals surface area contributed by atoms with E-state index in [9.17, 15) is 13.2 Å². The smallest absolute Gasteiger partial charge is 0.373 e. The fourth-order valence-corrected chi connectivity index (χ4v) is 1.85. The fourth-order valence-electron chi connectivity index (χ4n) is 1.85. The van der Waals surface area contributed by atoms with Crippen molar-refractivity contribution in [2.24, 2.45) is 7.05 Å². The number of halogens is 3. The van der Waals surface area contributed by atoms with E-state index in [1.807, 2.05) is 11.6 Å². The van der Waals surface area contributed by atoms with Crippen molar-refractivity contribution in [1.29, 1.82) is 0 Å². The molecule has 2 heterocycles. The van der Waals surface area contributed by atoms with Crippen LogP contribution in [0.15, 0.2) is 24.5 Å². The third-order valence-corrected chi connectivity index (χ3v) is 3.09. The monoisotopic (exact) mass is 299 g/mol. The number of aryl methyl sites for hydroxylation is 1. The van der Waals surface area contributed by atoms with E-state index in [1.54, 1.807) is 24.3 Å². The Labute approximate surface area is 120 Å². The van der Waals surface area contributed by atoms with Crippen LogP contribution >= 0.6 is 0 Å². The minimum absolute atomic E-state index is 0.173. The Bertz CT molecular complexity index is 621. The number of pyridine rings is 1. The molecule has 5 nitrogen and oxygen atoms in total. The molecule has 0 aliphatic carbocycles. The van der Waals surface area contributed by atoms with Gasteiger partial charge in [-0.2, -0.15) is 13.2 Å². The molecule has 0 aliphatic rings. The van der Waals surface area contributed by atoms with Gasteiger partial charge in [-0.15, -0.1) is 0 Å². The van der Waals surface area contributed by atoms with Crippen molar-refractivity contribution in [3.05, 3.63) is 35.9 Å². The van der Waals surface area contributed by atoms with Gasteiger partial charge in [0.05, 0.1) is 12.1 Å². The molecule has 2 aromatic rings. The minimum Gasteiger partial charge on any atom is -0.373 e. The van der Waals surface area contributed by atoms with Crippen molar-refractivity contribution in [1.82, 2.24) is 14.5 Å². The molecule has 1 N–H and O–H groups in total. The van der Waals surface area contributed by atoms with Crippen molar-refractivity contribution in [2.75, 3.05) is 24.3 Å². The molecule has 2 rings (SSSR count). The van der Waals surface area contributed by atoms with Crippen LogP contribution in [0.5, 0.6) is 0 Å². The fraction of sp³-hybridized carbons (Fsp3) is 0.385. The highest BCUT2D eigenvalue weighted by Gasteiger charge is 2.32. The predicted molar refractivity (Wildman–Crippen MR) is 74.1 cm³/mol. The summed E-state index contributed by atoms with van der Waals surface area (Å²) in [5.74, 6) is 1.14. The molecule has 0 saturated heterocycles. The first-order chi connectivity index (χ1) is 9.81. The van der Waals surface area contributed by atoms with Crippen molar-refractivity contribution in [3.8, 4) is 0 Å². The number of rotatable bonds is 4. The van der Waals surface area contributed by atoms with E-state index >= 15 is 0 Å². The predicted octanol–water partition coefficient (Wildman–Crippen LogP) is 2.51. The van der Waals surface area contributed by atoms with Crippen LogP contribution in [0.25, 0.3) is 0 Å². The van der Waals surface area contributed by atoms with Crippen LogP contribution in [-0.4, -0.2) is 28.6 Å². The normalized spacial score (nSPS) is 11.5. The number of nitrogens with zero attached hydrogens (tertiary/aromatic N) is 4. The minimum atomic E-state index is -4.41. The largest absolute Gasteiger partial charge is 0.416 e. The van der Waals surface area contributed by atoms with Gasteiger partial charge < -0.3 is 14.8 Å². The average molecular weight is 299 g/mol. The molecule has 0 radical (unpaired) electrons. The Hall–Kier alpha value is -2.25. The SMILES string of the molecule is CNc1cc(C(F)(F)F)cc(N(C)Cc2nccn2C)n1. The van der Waals surface area contributed by atoms with E-state index in [0.717, 1.165) is 18.0 Å². The topological polar surface area (TPSA) is 46.0 Å². The maximum Gasteiger partial charge on any atom is 0.416 e. The van der Waals surface area contributed by atoms with Crippen LogP contribution < -0.4 is 10.2 Å². The zero-order valence-corrected chi connectivity index (χ0v) is 11.9. The highest BCUT2D eigenvalue weighted by molar-refractivity contribution is 5.50. The lowest BCUT2D eigenvalue weighted by Gasteiger charge is -2.20. The first-order valence-electron chi connectivity index (χ1n) is 6.25. The van der Waals surface area contributed by atoms with E-state index in [1.165, 1.54) is 7.05 Å². The molecule has 21 heavy (non-hydrogen) atoms. The van der Waals surface area contributed by atoms with Gasteiger partial charge in [0.15, 0.2) is 0 Å². The van der Waals surface area contributed by atoms with Gasteiger partial charge in [-0.1, -0.05) is 0 Å². The molecule has 0 aliphatic heterocycles. The Kier molecular flexibility index (Phi) is 4.06. The van der Waals surface area contributed by atoms with Gasteiger partial charge in [0, 0.05) is 33.5 Å². The number of nitrogens with one attached hydrogen (secondary N) is 1. The maximum atomic E-state index is 12.9. The van der Waals surface area contributed by atoms with Crippen LogP contribution in [0.2, 0.25) is 0 Å². The summed E-state index contributed by atoms with van der Waals surface area (Å²) in [6.07, 6.45) is -0.989. The lowest BCUT2D eigenvalue weighted by atomic mass is 10.2. The van der Waals surface area contributed by atoms with Crippen molar-refractivity contribution in [3.63, 3.8) is 0 Å².